The van der Waals surface area contributed by atoms with Crippen LogP contribution < -0.4 is 10.6 Å². The van der Waals surface area contributed by atoms with E-state index in [2.05, 4.69) is 15.4 Å². The van der Waals surface area contributed by atoms with E-state index in [0.29, 0.717) is 96.7 Å². The van der Waals surface area contributed by atoms with E-state index in [-0.39, 0.29) is 86.2 Å². The molecule has 25 heteroatoms. The van der Waals surface area contributed by atoms with Crippen LogP contribution in [0.5, 0.6) is 0 Å². The molecular weight excluding hydrogens is 1310 g/mol. The molecule has 7 fully saturated rings. The average Bonchev–Trinajstić information content (AvgIpc) is 1.75. The smallest absolute Gasteiger partial charge is 0.410 e. The predicted octanol–water partition coefficient (Wildman–Crippen LogP) is 12.4. The molecule has 4 aromatic carbocycles. The molecule has 0 radical (unpaired) electrons. The molecule has 5 amide bonds. The number of amides is 5. The SMILES string of the molecule is CC(C)(C)OC(=O)N1CCCC1.CC(C)(C)OC(=O)N1CCCC1C1(O)CCN(C(=O)OCc2ccccc2)CC1.Cl.O=C(Cl)OCc1ccccc1.O=C(OCc1ccccc1)N1CCC(O)(C2CCCN2)CC1.O=C1CCN(C(=O)OCc2ccccc2)CC1.O=C1CCNCC1. The topological polar surface area (TPSA) is 273 Å². The number of piperidine rings is 4. The van der Waals surface area contributed by atoms with Crippen molar-refractivity contribution in [1.82, 2.24) is 35.1 Å². The Balaban J connectivity index is 0.000000225. The highest BCUT2D eigenvalue weighted by molar-refractivity contribution is 6.61. The van der Waals surface area contributed by atoms with Gasteiger partial charge in [-0.25, -0.2) is 28.8 Å². The van der Waals surface area contributed by atoms with Gasteiger partial charge in [0.2, 0.25) is 0 Å². The number of benzene rings is 4. The van der Waals surface area contributed by atoms with Gasteiger partial charge in [0.25, 0.3) is 0 Å². The molecule has 2 atom stereocenters. The van der Waals surface area contributed by atoms with Crippen molar-refractivity contribution in [1.29, 1.82) is 0 Å². The highest BCUT2D eigenvalue weighted by atomic mass is 35.5. The second-order valence-electron chi connectivity index (χ2n) is 27.3. The van der Waals surface area contributed by atoms with Gasteiger partial charge in [-0.2, -0.15) is 0 Å². The molecule has 99 heavy (non-hydrogen) atoms. The van der Waals surface area contributed by atoms with Gasteiger partial charge in [-0.3, -0.25) is 9.59 Å². The van der Waals surface area contributed by atoms with Gasteiger partial charge in [-0.1, -0.05) is 121 Å². The first-order valence-corrected chi connectivity index (χ1v) is 34.8. The molecule has 2 unspecified atom stereocenters. The van der Waals surface area contributed by atoms with Gasteiger partial charge in [0.1, 0.15) is 49.2 Å². The average molecular weight is 1420 g/mol. The summed E-state index contributed by atoms with van der Waals surface area (Å²) in [7, 11) is 0. The van der Waals surface area contributed by atoms with Gasteiger partial charge in [0.05, 0.1) is 17.2 Å². The summed E-state index contributed by atoms with van der Waals surface area (Å²) in [4.78, 5) is 100. The number of Topliss-reactive ketones (excluding diaryl/α,β-unsaturated/α-hetero) is 2. The molecule has 4 aromatic rings. The van der Waals surface area contributed by atoms with Crippen molar-refractivity contribution >= 4 is 71.5 Å². The summed E-state index contributed by atoms with van der Waals surface area (Å²) in [5, 5.41) is 28.5. The standard InChI is InChI=1S/C22H32N2O5.C17H24N2O3.C13H15NO3.C9H17NO2.C8H7ClO2.C5H9NO.ClH/c1-21(2,3)29-20(26)24-13-7-10-18(24)22(27)11-14-23(15-12-22)19(25)28-16-17-8-5-4-6-9-17;20-16(22-13-14-5-2-1-3-6-14)19-11-8-17(21,9-12-19)15-7-4-10-18-15;15-12-6-8-14(9-7-12)13(16)17-10-11-4-2-1-3-5-11;1-9(2,3)12-8(11)10-6-4-5-7-10;9-8(10)11-6-7-4-2-1-3-5-7;7-5-1-3-6-4-2-5;/h4-6,8-9,18,27H,7,10-16H2,1-3H3;1-3,5-6,15,18,21H,4,7-13H2;1-5H,6-10H2;4-7H2,1-3H3;1-5H,6H2;6H,1-4H2;1H. The van der Waals surface area contributed by atoms with Crippen LogP contribution in [0.3, 0.4) is 0 Å². The fourth-order valence-corrected chi connectivity index (χ4v) is 11.9. The van der Waals surface area contributed by atoms with Gasteiger partial charge >= 0.3 is 35.9 Å². The molecule has 0 bridgehead atoms. The first-order chi connectivity index (χ1) is 46.8. The van der Waals surface area contributed by atoms with Crippen LogP contribution in [0.15, 0.2) is 121 Å². The third-order valence-electron chi connectivity index (χ3n) is 17.3. The molecule has 7 aliphatic heterocycles. The molecule has 23 nitrogen and oxygen atoms in total. The van der Waals surface area contributed by atoms with Gasteiger partial charge in [0, 0.05) is 115 Å². The van der Waals surface area contributed by atoms with Crippen LogP contribution in [-0.2, 0) is 64.4 Å². The Morgan fingerprint density at radius 1 is 0.444 bits per heavy atom. The van der Waals surface area contributed by atoms with Crippen LogP contribution in [0.1, 0.15) is 154 Å². The van der Waals surface area contributed by atoms with E-state index in [4.69, 9.17) is 35.3 Å². The summed E-state index contributed by atoms with van der Waals surface area (Å²) < 4.78 is 31.2. The van der Waals surface area contributed by atoms with Crippen molar-refractivity contribution in [3.8, 4) is 0 Å². The molecule has 11 rings (SSSR count). The first kappa shape index (κ1) is 82.1. The number of likely N-dealkylation sites (tertiary alicyclic amines) is 5. The minimum atomic E-state index is -1.01. The van der Waals surface area contributed by atoms with E-state index < -0.39 is 22.2 Å². The quantitative estimate of drug-likeness (QED) is 0.0848. The van der Waals surface area contributed by atoms with Gasteiger partial charge in [-0.15, -0.1) is 12.4 Å². The fourth-order valence-electron chi connectivity index (χ4n) is 11.9. The molecule has 0 spiro atoms. The minimum Gasteiger partial charge on any atom is -0.449 e. The normalized spacial score (nSPS) is 19.3. The lowest BCUT2D eigenvalue weighted by Crippen LogP contribution is -2.58. The Hall–Kier alpha value is -7.54. The molecule has 7 saturated heterocycles. The lowest BCUT2D eigenvalue weighted by atomic mass is 9.83. The van der Waals surface area contributed by atoms with Gasteiger partial charge in [-0.05, 0) is 135 Å². The molecule has 7 aliphatic rings. The summed E-state index contributed by atoms with van der Waals surface area (Å²) in [6.07, 6.45) is 8.84. The van der Waals surface area contributed by atoms with Crippen molar-refractivity contribution in [3.05, 3.63) is 144 Å². The largest absolute Gasteiger partial charge is 0.449 e. The second-order valence-corrected chi connectivity index (χ2v) is 27.6. The van der Waals surface area contributed by atoms with E-state index in [1.54, 1.807) is 24.5 Å². The monoisotopic (exact) mass is 1420 g/mol. The number of halogens is 2. The van der Waals surface area contributed by atoms with Crippen molar-refractivity contribution in [2.24, 2.45) is 0 Å². The zero-order chi connectivity index (χ0) is 71.0. The van der Waals surface area contributed by atoms with Crippen LogP contribution in [0.25, 0.3) is 0 Å². The maximum atomic E-state index is 12.6. The number of ketones is 2. The number of nitrogens with one attached hydrogen (secondary N) is 2. The molecule has 546 valence electrons. The van der Waals surface area contributed by atoms with Crippen LogP contribution in [-0.4, -0.2) is 195 Å². The summed E-state index contributed by atoms with van der Waals surface area (Å²) in [5.74, 6) is 0.621. The number of carbonyl (C=O) groups is 8. The molecule has 0 aliphatic carbocycles. The Morgan fingerprint density at radius 3 is 1.17 bits per heavy atom. The van der Waals surface area contributed by atoms with E-state index >= 15 is 0 Å². The Labute approximate surface area is 595 Å². The lowest BCUT2D eigenvalue weighted by molar-refractivity contribution is -0.121. The lowest BCUT2D eigenvalue weighted by Gasteiger charge is -2.44. The molecule has 7 heterocycles. The Morgan fingerprint density at radius 2 is 0.808 bits per heavy atom. The number of rotatable bonds is 10. The molecular formula is C74H105Cl2N7O16. The van der Waals surface area contributed by atoms with Gasteiger partial charge in [0.15, 0.2) is 0 Å². The van der Waals surface area contributed by atoms with Crippen molar-refractivity contribution in [2.75, 3.05) is 78.5 Å². The van der Waals surface area contributed by atoms with Crippen LogP contribution in [0, 0.1) is 0 Å². The number of ether oxygens (including phenoxy) is 6. The summed E-state index contributed by atoms with van der Waals surface area (Å²) >= 11 is 4.97. The number of hydrogen-bond donors (Lipinski definition) is 4. The zero-order valence-corrected chi connectivity index (χ0v) is 60.1. The fraction of sp³-hybridized carbons (Fsp3) is 0.568. The highest BCUT2D eigenvalue weighted by Crippen LogP contribution is 2.36. The summed E-state index contributed by atoms with van der Waals surface area (Å²) in [6, 6.07) is 38.0. The number of carbonyl (C=O) groups excluding carboxylic acids is 8. The molecule has 0 saturated carbocycles. The second kappa shape index (κ2) is 41.9. The number of hydrogen-bond acceptors (Lipinski definition) is 18. The maximum Gasteiger partial charge on any atom is 0.410 e. The van der Waals surface area contributed by atoms with E-state index in [0.717, 1.165) is 106 Å². The van der Waals surface area contributed by atoms with E-state index in [1.165, 1.54) is 0 Å². The van der Waals surface area contributed by atoms with E-state index in [9.17, 15) is 48.6 Å². The van der Waals surface area contributed by atoms with Crippen LogP contribution in [0.4, 0.5) is 28.8 Å². The number of aliphatic hydroxyl groups is 2. The molecule has 4 N–H and O–H groups in total. The third-order valence-corrected chi connectivity index (χ3v) is 17.4. The summed E-state index contributed by atoms with van der Waals surface area (Å²) in [5.41, 5.74) is 0.437. The van der Waals surface area contributed by atoms with E-state index in [1.807, 2.05) is 163 Å². The molecule has 0 aromatic heterocycles. The van der Waals surface area contributed by atoms with Crippen molar-refractivity contribution in [3.63, 3.8) is 0 Å². The van der Waals surface area contributed by atoms with Crippen molar-refractivity contribution < 1.29 is 77.0 Å². The summed E-state index contributed by atoms with van der Waals surface area (Å²) in [6.45, 7) is 20.2. The van der Waals surface area contributed by atoms with Crippen molar-refractivity contribution in [2.45, 2.75) is 192 Å². The minimum absolute atomic E-state index is 0. The van der Waals surface area contributed by atoms with Gasteiger partial charge < -0.3 is 73.8 Å². The van der Waals surface area contributed by atoms with Crippen LogP contribution in [0.2, 0.25) is 0 Å². The first-order valence-electron chi connectivity index (χ1n) is 34.4. The highest BCUT2D eigenvalue weighted by Gasteiger charge is 2.48. The Bertz CT molecular complexity index is 3060. The van der Waals surface area contributed by atoms with Crippen LogP contribution >= 0.6 is 24.0 Å². The zero-order valence-electron chi connectivity index (χ0n) is 58.5. The predicted molar refractivity (Wildman–Crippen MR) is 378 cm³/mol. The maximum absolute atomic E-state index is 12.6. The number of nitrogens with zero attached hydrogens (tertiary/aromatic N) is 5. The Kier molecular flexibility index (Phi) is 34.8. The third kappa shape index (κ3) is 30.5.